The van der Waals surface area contributed by atoms with Crippen molar-refractivity contribution in [1.82, 2.24) is 4.90 Å². The lowest BCUT2D eigenvalue weighted by Gasteiger charge is -2.16. The third kappa shape index (κ3) is 6.90. The van der Waals surface area contributed by atoms with E-state index in [-0.39, 0.29) is 0 Å². The van der Waals surface area contributed by atoms with E-state index in [0.717, 1.165) is 13.0 Å². The molecule has 0 aromatic rings. The minimum absolute atomic E-state index is 0.656. The third-order valence-electron chi connectivity index (χ3n) is 2.15. The van der Waals surface area contributed by atoms with Gasteiger partial charge in [-0.3, -0.25) is 0 Å². The molecule has 0 rings (SSSR count). The summed E-state index contributed by atoms with van der Waals surface area (Å²) in [7, 11) is 4.24. The summed E-state index contributed by atoms with van der Waals surface area (Å²) >= 11 is 0. The van der Waals surface area contributed by atoms with E-state index in [2.05, 4.69) is 58.8 Å². The van der Waals surface area contributed by atoms with Gasteiger partial charge in [0.2, 0.25) is 0 Å². The zero-order valence-electron chi connectivity index (χ0n) is 10.6. The standard InChI is InChI=1S/C13H25N/c1-11(2)8-7-9-13(12(3)4)10-14(5)6/h8-9,12H,7,10H2,1-6H3/b13-9-. The molecule has 0 radical (unpaired) electrons. The number of hydrogen-bond acceptors (Lipinski definition) is 1. The molecule has 0 fully saturated rings. The van der Waals surface area contributed by atoms with Crippen LogP contribution in [-0.4, -0.2) is 25.5 Å². The first-order valence-corrected chi connectivity index (χ1v) is 5.40. The van der Waals surface area contributed by atoms with Gasteiger partial charge in [-0.15, -0.1) is 0 Å². The van der Waals surface area contributed by atoms with Gasteiger partial charge < -0.3 is 4.90 Å². The van der Waals surface area contributed by atoms with Crippen LogP contribution in [0.4, 0.5) is 0 Å². The van der Waals surface area contributed by atoms with Crippen LogP contribution in [0.3, 0.4) is 0 Å². The summed E-state index contributed by atoms with van der Waals surface area (Å²) in [5.74, 6) is 0.656. The van der Waals surface area contributed by atoms with Crippen LogP contribution in [0.15, 0.2) is 23.3 Å². The second-order valence-electron chi connectivity index (χ2n) is 4.69. The summed E-state index contributed by atoms with van der Waals surface area (Å²) in [6.07, 6.45) is 5.71. The van der Waals surface area contributed by atoms with Crippen molar-refractivity contribution in [1.29, 1.82) is 0 Å². The van der Waals surface area contributed by atoms with E-state index in [9.17, 15) is 0 Å². The Morgan fingerprint density at radius 2 is 1.71 bits per heavy atom. The van der Waals surface area contributed by atoms with E-state index < -0.39 is 0 Å². The van der Waals surface area contributed by atoms with Crippen LogP contribution >= 0.6 is 0 Å². The minimum Gasteiger partial charge on any atom is -0.305 e. The molecule has 0 amide bonds. The average molecular weight is 195 g/mol. The zero-order valence-corrected chi connectivity index (χ0v) is 10.6. The number of rotatable bonds is 5. The number of allylic oxidation sites excluding steroid dienone is 3. The van der Waals surface area contributed by atoms with Crippen molar-refractivity contribution in [2.24, 2.45) is 5.92 Å². The molecule has 0 atom stereocenters. The van der Waals surface area contributed by atoms with Gasteiger partial charge in [-0.25, -0.2) is 0 Å². The minimum atomic E-state index is 0.656. The van der Waals surface area contributed by atoms with Gasteiger partial charge in [-0.1, -0.05) is 37.1 Å². The van der Waals surface area contributed by atoms with E-state index in [1.807, 2.05) is 0 Å². The van der Waals surface area contributed by atoms with Crippen LogP contribution in [0, 0.1) is 5.92 Å². The molecule has 0 N–H and O–H groups in total. The molecule has 0 aliphatic heterocycles. The molecule has 1 nitrogen and oxygen atoms in total. The fourth-order valence-electron chi connectivity index (χ4n) is 1.29. The monoisotopic (exact) mass is 195 g/mol. The molecule has 1 heteroatoms. The molecule has 0 aromatic carbocycles. The molecule has 0 spiro atoms. The Balaban J connectivity index is 4.26. The smallest absolute Gasteiger partial charge is 0.0189 e. The number of nitrogens with zero attached hydrogens (tertiary/aromatic N) is 1. The Kier molecular flexibility index (Phi) is 6.56. The third-order valence-corrected chi connectivity index (χ3v) is 2.15. The first-order chi connectivity index (χ1) is 6.43. The molecule has 0 saturated heterocycles. The maximum Gasteiger partial charge on any atom is 0.0189 e. The lowest BCUT2D eigenvalue weighted by Crippen LogP contribution is -2.17. The van der Waals surface area contributed by atoms with Crippen molar-refractivity contribution in [3.05, 3.63) is 23.3 Å². The van der Waals surface area contributed by atoms with Gasteiger partial charge in [0.1, 0.15) is 0 Å². The summed E-state index contributed by atoms with van der Waals surface area (Å²) < 4.78 is 0. The van der Waals surface area contributed by atoms with Crippen LogP contribution in [0.5, 0.6) is 0 Å². The Hall–Kier alpha value is -0.560. The number of hydrogen-bond donors (Lipinski definition) is 0. The molecular weight excluding hydrogens is 170 g/mol. The van der Waals surface area contributed by atoms with Crippen LogP contribution in [0.2, 0.25) is 0 Å². The lowest BCUT2D eigenvalue weighted by molar-refractivity contribution is 0.427. The van der Waals surface area contributed by atoms with Crippen LogP contribution in [-0.2, 0) is 0 Å². The van der Waals surface area contributed by atoms with Gasteiger partial charge in [-0.05, 0) is 40.3 Å². The Morgan fingerprint density at radius 1 is 1.14 bits per heavy atom. The van der Waals surface area contributed by atoms with Crippen molar-refractivity contribution >= 4 is 0 Å². The molecule has 0 aliphatic rings. The van der Waals surface area contributed by atoms with Gasteiger partial charge in [0, 0.05) is 6.54 Å². The molecular formula is C13H25N. The first-order valence-electron chi connectivity index (χ1n) is 5.40. The van der Waals surface area contributed by atoms with Gasteiger partial charge in [0.05, 0.1) is 0 Å². The Labute approximate surface area is 89.5 Å². The van der Waals surface area contributed by atoms with Crippen molar-refractivity contribution in [2.75, 3.05) is 20.6 Å². The SMILES string of the molecule is CC(C)=CC/C=C(/CN(C)C)C(C)C. The summed E-state index contributed by atoms with van der Waals surface area (Å²) in [4.78, 5) is 2.23. The molecule has 0 saturated carbocycles. The molecule has 14 heavy (non-hydrogen) atoms. The molecule has 82 valence electrons. The van der Waals surface area contributed by atoms with E-state index in [1.165, 1.54) is 11.1 Å². The van der Waals surface area contributed by atoms with Crippen LogP contribution in [0.1, 0.15) is 34.1 Å². The molecule has 0 aliphatic carbocycles. The Bertz CT molecular complexity index is 205. The first kappa shape index (κ1) is 13.4. The van der Waals surface area contributed by atoms with Crippen molar-refractivity contribution in [3.8, 4) is 0 Å². The van der Waals surface area contributed by atoms with Crippen molar-refractivity contribution in [3.63, 3.8) is 0 Å². The van der Waals surface area contributed by atoms with Gasteiger partial charge >= 0.3 is 0 Å². The maximum atomic E-state index is 2.36. The lowest BCUT2D eigenvalue weighted by atomic mass is 10.0. The summed E-state index contributed by atoms with van der Waals surface area (Å²) in [5.41, 5.74) is 2.93. The highest BCUT2D eigenvalue weighted by molar-refractivity contribution is 5.10. The molecule has 0 bridgehead atoms. The van der Waals surface area contributed by atoms with Crippen LogP contribution < -0.4 is 0 Å². The average Bonchev–Trinajstić information content (AvgIpc) is 2.00. The second-order valence-corrected chi connectivity index (χ2v) is 4.69. The van der Waals surface area contributed by atoms with Gasteiger partial charge in [-0.2, -0.15) is 0 Å². The quantitative estimate of drug-likeness (QED) is 0.607. The van der Waals surface area contributed by atoms with E-state index >= 15 is 0 Å². The molecule has 0 heterocycles. The number of likely N-dealkylation sites (N-methyl/N-ethyl adjacent to an activating group) is 1. The predicted octanol–water partition coefficient (Wildman–Crippen LogP) is 3.49. The van der Waals surface area contributed by atoms with E-state index in [1.54, 1.807) is 0 Å². The highest BCUT2D eigenvalue weighted by atomic mass is 15.0. The highest BCUT2D eigenvalue weighted by Crippen LogP contribution is 2.11. The zero-order chi connectivity index (χ0) is 11.1. The summed E-state index contributed by atoms with van der Waals surface area (Å²) in [6.45, 7) is 9.90. The predicted molar refractivity (Wildman–Crippen MR) is 65.5 cm³/mol. The Morgan fingerprint density at radius 3 is 2.07 bits per heavy atom. The van der Waals surface area contributed by atoms with Gasteiger partial charge in [0.25, 0.3) is 0 Å². The summed E-state index contributed by atoms with van der Waals surface area (Å²) in [6, 6.07) is 0. The molecule has 0 aromatic heterocycles. The summed E-state index contributed by atoms with van der Waals surface area (Å²) in [5, 5.41) is 0. The van der Waals surface area contributed by atoms with E-state index in [0.29, 0.717) is 5.92 Å². The highest BCUT2D eigenvalue weighted by Gasteiger charge is 2.03. The van der Waals surface area contributed by atoms with Crippen molar-refractivity contribution < 1.29 is 0 Å². The van der Waals surface area contributed by atoms with Crippen molar-refractivity contribution in [2.45, 2.75) is 34.1 Å². The fraction of sp³-hybridized carbons (Fsp3) is 0.692. The van der Waals surface area contributed by atoms with Gasteiger partial charge in [0.15, 0.2) is 0 Å². The fourth-order valence-corrected chi connectivity index (χ4v) is 1.29. The topological polar surface area (TPSA) is 3.24 Å². The van der Waals surface area contributed by atoms with E-state index in [4.69, 9.17) is 0 Å². The molecule has 0 unspecified atom stereocenters. The largest absolute Gasteiger partial charge is 0.305 e. The normalized spacial score (nSPS) is 12.4. The second kappa shape index (κ2) is 6.83. The maximum absolute atomic E-state index is 2.36. The van der Waals surface area contributed by atoms with Crippen LogP contribution in [0.25, 0.3) is 0 Å².